The van der Waals surface area contributed by atoms with E-state index in [4.69, 9.17) is 34.8 Å². The molecule has 2 amide bonds. The average Bonchev–Trinajstić information content (AvgIpc) is 2.76. The van der Waals surface area contributed by atoms with Gasteiger partial charge in [0.15, 0.2) is 0 Å². The van der Waals surface area contributed by atoms with Crippen molar-refractivity contribution in [3.05, 3.63) is 63.1 Å². The summed E-state index contributed by atoms with van der Waals surface area (Å²) in [6.07, 6.45) is 1.70. The van der Waals surface area contributed by atoms with Crippen molar-refractivity contribution in [3.8, 4) is 0 Å². The van der Waals surface area contributed by atoms with Gasteiger partial charge in [0.25, 0.3) is 0 Å². The summed E-state index contributed by atoms with van der Waals surface area (Å²) in [7, 11) is -3.87. The first-order valence-electron chi connectivity index (χ1n) is 10.6. The average molecular weight is 549 g/mol. The van der Waals surface area contributed by atoms with Gasteiger partial charge in [-0.1, -0.05) is 59.9 Å². The number of para-hydroxylation sites is 1. The lowest BCUT2D eigenvalue weighted by Crippen LogP contribution is -2.52. The Kier molecular flexibility index (Phi) is 10.1. The van der Waals surface area contributed by atoms with Gasteiger partial charge in [-0.15, -0.1) is 0 Å². The van der Waals surface area contributed by atoms with E-state index in [0.29, 0.717) is 22.0 Å². The van der Waals surface area contributed by atoms with Crippen molar-refractivity contribution in [2.24, 2.45) is 0 Å². The lowest BCUT2D eigenvalue weighted by Gasteiger charge is -2.32. The summed E-state index contributed by atoms with van der Waals surface area (Å²) >= 11 is 18.5. The van der Waals surface area contributed by atoms with Gasteiger partial charge in [-0.3, -0.25) is 13.9 Å². The Morgan fingerprint density at radius 1 is 1.03 bits per heavy atom. The number of halogens is 3. The monoisotopic (exact) mass is 547 g/mol. The van der Waals surface area contributed by atoms with Crippen LogP contribution >= 0.6 is 34.8 Å². The van der Waals surface area contributed by atoms with E-state index >= 15 is 0 Å². The summed E-state index contributed by atoms with van der Waals surface area (Å²) in [6, 6.07) is 10.2. The van der Waals surface area contributed by atoms with Crippen LogP contribution < -0.4 is 9.62 Å². The molecule has 2 atom stereocenters. The van der Waals surface area contributed by atoms with Crippen LogP contribution in [0.25, 0.3) is 0 Å². The Morgan fingerprint density at radius 3 is 2.24 bits per heavy atom. The normalized spacial score (nSPS) is 13.1. The molecule has 0 aliphatic heterocycles. The standard InChI is InChI=1S/C23H28Cl3N3O4S/c1-5-15(2)27-23(31)16(3)28(13-17-10-11-18(24)12-20(17)26)22(30)14-29(34(4,32)33)21-9-7-6-8-19(21)25/h6-12,15-16H,5,13-14H2,1-4H3,(H,27,31)/t15-,16-/m1/s1. The van der Waals surface area contributed by atoms with Crippen LogP contribution in [0.4, 0.5) is 5.69 Å². The van der Waals surface area contributed by atoms with Crippen LogP contribution in [0.3, 0.4) is 0 Å². The number of nitrogens with one attached hydrogen (secondary N) is 1. The van der Waals surface area contributed by atoms with E-state index in [2.05, 4.69) is 5.32 Å². The summed E-state index contributed by atoms with van der Waals surface area (Å²) in [5, 5.41) is 3.79. The lowest BCUT2D eigenvalue weighted by atomic mass is 10.1. The molecule has 7 nitrogen and oxygen atoms in total. The minimum absolute atomic E-state index is 0.0238. The highest BCUT2D eigenvalue weighted by molar-refractivity contribution is 7.92. The minimum Gasteiger partial charge on any atom is -0.352 e. The smallest absolute Gasteiger partial charge is 0.244 e. The zero-order chi connectivity index (χ0) is 25.6. The summed E-state index contributed by atoms with van der Waals surface area (Å²) in [4.78, 5) is 27.7. The molecule has 2 aromatic rings. The molecule has 0 aromatic heterocycles. The third kappa shape index (κ3) is 7.50. The molecule has 0 bridgehead atoms. The number of rotatable bonds is 10. The number of hydrogen-bond donors (Lipinski definition) is 1. The highest BCUT2D eigenvalue weighted by Crippen LogP contribution is 2.28. The SMILES string of the molecule is CC[C@@H](C)NC(=O)[C@@H](C)N(Cc1ccc(Cl)cc1Cl)C(=O)CN(c1ccccc1Cl)S(C)(=O)=O. The second kappa shape index (κ2) is 12.1. The van der Waals surface area contributed by atoms with E-state index in [-0.39, 0.29) is 29.2 Å². The molecule has 0 saturated heterocycles. The molecule has 0 aliphatic carbocycles. The van der Waals surface area contributed by atoms with Crippen molar-refractivity contribution in [1.29, 1.82) is 0 Å². The summed E-state index contributed by atoms with van der Waals surface area (Å²) < 4.78 is 26.0. The van der Waals surface area contributed by atoms with Gasteiger partial charge >= 0.3 is 0 Å². The van der Waals surface area contributed by atoms with Gasteiger partial charge < -0.3 is 10.2 Å². The maximum Gasteiger partial charge on any atom is 0.244 e. The largest absolute Gasteiger partial charge is 0.352 e. The molecule has 0 unspecified atom stereocenters. The van der Waals surface area contributed by atoms with Crippen molar-refractivity contribution in [2.75, 3.05) is 17.1 Å². The topological polar surface area (TPSA) is 86.8 Å². The third-order valence-corrected chi connectivity index (χ3v) is 7.36. The number of sulfonamides is 1. The van der Waals surface area contributed by atoms with E-state index < -0.39 is 28.5 Å². The van der Waals surface area contributed by atoms with Crippen LogP contribution in [-0.2, 0) is 26.2 Å². The highest BCUT2D eigenvalue weighted by Gasteiger charge is 2.31. The predicted molar refractivity (Wildman–Crippen MR) is 138 cm³/mol. The van der Waals surface area contributed by atoms with E-state index in [1.165, 1.54) is 23.1 Å². The minimum atomic E-state index is -3.87. The molecule has 0 saturated carbocycles. The fraction of sp³-hybridized carbons (Fsp3) is 0.391. The first-order chi connectivity index (χ1) is 15.8. The van der Waals surface area contributed by atoms with Crippen molar-refractivity contribution in [2.45, 2.75) is 45.8 Å². The number of nitrogens with zero attached hydrogens (tertiary/aromatic N) is 2. The Balaban J connectivity index is 2.43. The van der Waals surface area contributed by atoms with E-state index in [0.717, 1.165) is 10.6 Å². The highest BCUT2D eigenvalue weighted by atomic mass is 35.5. The molecule has 2 aromatic carbocycles. The fourth-order valence-corrected chi connectivity index (χ4v) is 4.75. The second-order valence-corrected chi connectivity index (χ2v) is 11.1. The molecule has 0 fully saturated rings. The molecule has 0 aliphatic rings. The van der Waals surface area contributed by atoms with E-state index in [1.807, 2.05) is 13.8 Å². The molecule has 1 N–H and O–H groups in total. The number of anilines is 1. The van der Waals surface area contributed by atoms with Crippen LogP contribution in [0, 0.1) is 0 Å². The lowest BCUT2D eigenvalue weighted by molar-refractivity contribution is -0.139. The number of carbonyl (C=O) groups excluding carboxylic acids is 2. The summed E-state index contributed by atoms with van der Waals surface area (Å²) in [5.41, 5.74) is 0.729. The maximum absolute atomic E-state index is 13.5. The third-order valence-electron chi connectivity index (χ3n) is 5.32. The Labute approximate surface area is 216 Å². The number of hydrogen-bond acceptors (Lipinski definition) is 4. The van der Waals surface area contributed by atoms with Crippen LogP contribution in [0.2, 0.25) is 15.1 Å². The van der Waals surface area contributed by atoms with Gasteiger partial charge in [0.05, 0.1) is 17.0 Å². The van der Waals surface area contributed by atoms with E-state index in [9.17, 15) is 18.0 Å². The van der Waals surface area contributed by atoms with Crippen LogP contribution in [0.15, 0.2) is 42.5 Å². The van der Waals surface area contributed by atoms with Gasteiger partial charge in [0, 0.05) is 22.6 Å². The molecular formula is C23H28Cl3N3O4S. The van der Waals surface area contributed by atoms with Crippen LogP contribution in [0.5, 0.6) is 0 Å². The quantitative estimate of drug-likeness (QED) is 0.464. The van der Waals surface area contributed by atoms with Crippen molar-refractivity contribution in [3.63, 3.8) is 0 Å². The number of benzene rings is 2. The zero-order valence-corrected chi connectivity index (χ0v) is 22.5. The molecule has 186 valence electrons. The number of carbonyl (C=O) groups is 2. The van der Waals surface area contributed by atoms with Crippen molar-refractivity contribution in [1.82, 2.24) is 10.2 Å². The molecule has 11 heteroatoms. The summed E-state index contributed by atoms with van der Waals surface area (Å²) in [5.74, 6) is -0.959. The van der Waals surface area contributed by atoms with Crippen molar-refractivity contribution < 1.29 is 18.0 Å². The predicted octanol–water partition coefficient (Wildman–Crippen LogP) is 4.74. The Morgan fingerprint density at radius 2 is 1.68 bits per heavy atom. The summed E-state index contributed by atoms with van der Waals surface area (Å²) in [6.45, 7) is 4.80. The fourth-order valence-electron chi connectivity index (χ4n) is 3.13. The Hall–Kier alpha value is -2.00. The molecule has 0 heterocycles. The zero-order valence-electron chi connectivity index (χ0n) is 19.4. The molecule has 2 rings (SSSR count). The molecule has 0 spiro atoms. The van der Waals surface area contributed by atoms with Gasteiger partial charge in [0.1, 0.15) is 12.6 Å². The molecule has 34 heavy (non-hydrogen) atoms. The molecular weight excluding hydrogens is 521 g/mol. The van der Waals surface area contributed by atoms with Crippen LogP contribution in [0.1, 0.15) is 32.8 Å². The first-order valence-corrected chi connectivity index (χ1v) is 13.6. The maximum atomic E-state index is 13.5. The van der Waals surface area contributed by atoms with Gasteiger partial charge in [0.2, 0.25) is 21.8 Å². The Bertz CT molecular complexity index is 1140. The number of amides is 2. The first kappa shape index (κ1) is 28.2. The van der Waals surface area contributed by atoms with Crippen LogP contribution in [-0.4, -0.2) is 50.0 Å². The second-order valence-electron chi connectivity index (χ2n) is 7.97. The molecule has 0 radical (unpaired) electrons. The van der Waals surface area contributed by atoms with Crippen molar-refractivity contribution >= 4 is 62.3 Å². The van der Waals surface area contributed by atoms with Gasteiger partial charge in [-0.05, 0) is 50.1 Å². The van der Waals surface area contributed by atoms with Gasteiger partial charge in [-0.25, -0.2) is 8.42 Å². The van der Waals surface area contributed by atoms with E-state index in [1.54, 1.807) is 31.2 Å². The van der Waals surface area contributed by atoms with Gasteiger partial charge in [-0.2, -0.15) is 0 Å².